The number of allylic oxidation sites excluding steroid dienone is 1. The Balaban J connectivity index is 1.76. The summed E-state index contributed by atoms with van der Waals surface area (Å²) in [4.78, 5) is 7.85. The lowest BCUT2D eigenvalue weighted by Crippen LogP contribution is -1.83. The molecular formula is C17H13N3S. The van der Waals surface area contributed by atoms with Crippen LogP contribution < -0.4 is 0 Å². The molecule has 1 N–H and O–H groups in total. The molecule has 0 saturated heterocycles. The Labute approximate surface area is 126 Å². The molecule has 3 aromatic rings. The smallest absolute Gasteiger partial charge is 0.134 e. The maximum absolute atomic E-state index is 9.45. The van der Waals surface area contributed by atoms with Crippen LogP contribution in [-0.4, -0.2) is 9.97 Å². The maximum Gasteiger partial charge on any atom is 0.134 e. The van der Waals surface area contributed by atoms with E-state index in [9.17, 15) is 5.26 Å². The summed E-state index contributed by atoms with van der Waals surface area (Å²) in [7, 11) is 0. The third-order valence-corrected chi connectivity index (χ3v) is 4.68. The van der Waals surface area contributed by atoms with Crippen LogP contribution in [-0.2, 0) is 0 Å². The number of nitriles is 1. The van der Waals surface area contributed by atoms with Crippen LogP contribution in [0.25, 0.3) is 22.6 Å². The van der Waals surface area contributed by atoms with Gasteiger partial charge in [-0.15, -0.1) is 11.3 Å². The molecule has 1 saturated carbocycles. The van der Waals surface area contributed by atoms with Gasteiger partial charge in [0.25, 0.3) is 0 Å². The van der Waals surface area contributed by atoms with Crippen LogP contribution in [0.2, 0.25) is 0 Å². The normalized spacial score (nSPS) is 15.3. The predicted molar refractivity (Wildman–Crippen MR) is 85.9 cm³/mol. The Morgan fingerprint density at radius 3 is 3.05 bits per heavy atom. The van der Waals surface area contributed by atoms with Gasteiger partial charge in [-0.25, -0.2) is 4.98 Å². The van der Waals surface area contributed by atoms with Crippen molar-refractivity contribution in [3.05, 3.63) is 52.1 Å². The van der Waals surface area contributed by atoms with Gasteiger partial charge in [0.05, 0.1) is 11.3 Å². The first-order valence-corrected chi connectivity index (χ1v) is 7.87. The van der Waals surface area contributed by atoms with Crippen LogP contribution >= 0.6 is 11.3 Å². The minimum absolute atomic E-state index is 0.628. The number of nitrogens with zero attached hydrogens (tertiary/aromatic N) is 2. The van der Waals surface area contributed by atoms with Crippen molar-refractivity contribution in [1.29, 1.82) is 5.26 Å². The van der Waals surface area contributed by atoms with Crippen molar-refractivity contribution in [3.8, 4) is 6.07 Å². The molecule has 0 bridgehead atoms. The molecule has 2 heterocycles. The van der Waals surface area contributed by atoms with Crippen molar-refractivity contribution in [2.75, 3.05) is 0 Å². The van der Waals surface area contributed by atoms with Crippen molar-refractivity contribution in [2.24, 2.45) is 0 Å². The van der Waals surface area contributed by atoms with Crippen LogP contribution in [0, 0.1) is 11.3 Å². The van der Waals surface area contributed by atoms with Crippen LogP contribution in [0.5, 0.6) is 0 Å². The average Bonchev–Trinajstić information content (AvgIpc) is 3.11. The maximum atomic E-state index is 9.45. The molecule has 21 heavy (non-hydrogen) atoms. The van der Waals surface area contributed by atoms with E-state index in [4.69, 9.17) is 0 Å². The fourth-order valence-electron chi connectivity index (χ4n) is 2.49. The lowest BCUT2D eigenvalue weighted by atomic mass is 10.1. The zero-order chi connectivity index (χ0) is 14.2. The standard InChI is InChI=1S/C17H13N3S/c18-8-12(17-20-16(10-21-17)11-5-6-11)7-13-9-19-15-4-2-1-3-14(13)15/h1-4,7,9-11,19H,5-6H2/b12-7+. The van der Waals surface area contributed by atoms with E-state index in [-0.39, 0.29) is 0 Å². The molecule has 1 fully saturated rings. The van der Waals surface area contributed by atoms with Gasteiger partial charge in [-0.05, 0) is 25.0 Å². The predicted octanol–water partition coefficient (Wildman–Crippen LogP) is 4.57. The summed E-state index contributed by atoms with van der Waals surface area (Å²) in [6.45, 7) is 0. The number of fused-ring (bicyclic) bond motifs is 1. The van der Waals surface area contributed by atoms with Gasteiger partial charge >= 0.3 is 0 Å². The fourth-order valence-corrected chi connectivity index (χ4v) is 3.35. The Morgan fingerprint density at radius 1 is 1.38 bits per heavy atom. The molecule has 0 atom stereocenters. The Kier molecular flexibility index (Phi) is 2.87. The highest BCUT2D eigenvalue weighted by atomic mass is 32.1. The van der Waals surface area contributed by atoms with Gasteiger partial charge in [0.1, 0.15) is 11.1 Å². The summed E-state index contributed by atoms with van der Waals surface area (Å²) >= 11 is 1.57. The first-order chi connectivity index (χ1) is 10.3. The number of H-pyrrole nitrogens is 1. The van der Waals surface area contributed by atoms with Gasteiger partial charge in [-0.3, -0.25) is 0 Å². The SMILES string of the molecule is N#C/C(=C\c1c[nH]c2ccccc12)c1nc(C2CC2)cs1. The number of thiazole rings is 1. The van der Waals surface area contributed by atoms with Crippen LogP contribution in [0.4, 0.5) is 0 Å². The zero-order valence-electron chi connectivity index (χ0n) is 11.3. The van der Waals surface area contributed by atoms with E-state index >= 15 is 0 Å². The van der Waals surface area contributed by atoms with E-state index in [1.54, 1.807) is 11.3 Å². The second kappa shape index (κ2) is 4.87. The van der Waals surface area contributed by atoms with Crippen LogP contribution in [0.1, 0.15) is 35.0 Å². The van der Waals surface area contributed by atoms with E-state index in [1.165, 1.54) is 12.8 Å². The summed E-state index contributed by atoms with van der Waals surface area (Å²) in [5.74, 6) is 0.628. The summed E-state index contributed by atoms with van der Waals surface area (Å²) < 4.78 is 0. The number of para-hydroxylation sites is 1. The molecule has 0 aliphatic heterocycles. The molecule has 4 rings (SSSR count). The van der Waals surface area contributed by atoms with E-state index in [2.05, 4.69) is 27.5 Å². The molecule has 0 amide bonds. The van der Waals surface area contributed by atoms with Gasteiger partial charge in [0.15, 0.2) is 0 Å². The first-order valence-electron chi connectivity index (χ1n) is 6.99. The molecule has 3 nitrogen and oxygen atoms in total. The van der Waals surface area contributed by atoms with E-state index < -0.39 is 0 Å². The number of rotatable bonds is 3. The van der Waals surface area contributed by atoms with E-state index in [1.807, 2.05) is 30.5 Å². The highest BCUT2D eigenvalue weighted by Gasteiger charge is 2.26. The topological polar surface area (TPSA) is 52.5 Å². The van der Waals surface area contributed by atoms with Crippen molar-refractivity contribution < 1.29 is 0 Å². The van der Waals surface area contributed by atoms with Gasteiger partial charge in [0.2, 0.25) is 0 Å². The summed E-state index contributed by atoms with van der Waals surface area (Å²) in [5.41, 5.74) is 3.90. The molecular weight excluding hydrogens is 278 g/mol. The number of benzene rings is 1. The van der Waals surface area contributed by atoms with Crippen molar-refractivity contribution in [1.82, 2.24) is 9.97 Å². The molecule has 0 unspecified atom stereocenters. The number of aromatic nitrogens is 2. The number of aromatic amines is 1. The minimum atomic E-state index is 0.628. The van der Waals surface area contributed by atoms with Gasteiger partial charge in [-0.1, -0.05) is 18.2 Å². The molecule has 2 aromatic heterocycles. The molecule has 0 spiro atoms. The van der Waals surface area contributed by atoms with Gasteiger partial charge in [-0.2, -0.15) is 5.26 Å². The second-order valence-corrected chi connectivity index (χ2v) is 6.17. The Morgan fingerprint density at radius 2 is 2.24 bits per heavy atom. The van der Waals surface area contributed by atoms with Gasteiger partial charge < -0.3 is 4.98 Å². The van der Waals surface area contributed by atoms with E-state index in [0.717, 1.165) is 27.2 Å². The van der Waals surface area contributed by atoms with Gasteiger partial charge in [0, 0.05) is 34.0 Å². The van der Waals surface area contributed by atoms with E-state index in [0.29, 0.717) is 11.5 Å². The lowest BCUT2D eigenvalue weighted by molar-refractivity contribution is 1.05. The van der Waals surface area contributed by atoms with Crippen molar-refractivity contribution in [3.63, 3.8) is 0 Å². The quantitative estimate of drug-likeness (QED) is 0.719. The second-order valence-electron chi connectivity index (χ2n) is 5.31. The molecule has 102 valence electrons. The molecule has 1 aliphatic carbocycles. The van der Waals surface area contributed by atoms with Crippen molar-refractivity contribution in [2.45, 2.75) is 18.8 Å². The molecule has 0 radical (unpaired) electrons. The third-order valence-electron chi connectivity index (χ3n) is 3.79. The third kappa shape index (κ3) is 2.26. The number of hydrogen-bond donors (Lipinski definition) is 1. The van der Waals surface area contributed by atoms with Crippen LogP contribution in [0.15, 0.2) is 35.8 Å². The number of nitrogens with one attached hydrogen (secondary N) is 1. The largest absolute Gasteiger partial charge is 0.361 e. The fraction of sp³-hybridized carbons (Fsp3) is 0.176. The first kappa shape index (κ1) is 12.4. The van der Waals surface area contributed by atoms with Crippen molar-refractivity contribution >= 4 is 33.9 Å². The monoisotopic (exact) mass is 291 g/mol. The Hall–Kier alpha value is -2.38. The molecule has 4 heteroatoms. The Bertz CT molecular complexity index is 875. The number of hydrogen-bond acceptors (Lipinski definition) is 3. The lowest BCUT2D eigenvalue weighted by Gasteiger charge is -1.94. The summed E-state index contributed by atoms with van der Waals surface area (Å²) in [6, 6.07) is 10.4. The minimum Gasteiger partial charge on any atom is -0.361 e. The average molecular weight is 291 g/mol. The zero-order valence-corrected chi connectivity index (χ0v) is 12.2. The molecule has 1 aromatic carbocycles. The summed E-state index contributed by atoms with van der Waals surface area (Å²) in [6.07, 6.45) is 6.33. The summed E-state index contributed by atoms with van der Waals surface area (Å²) in [5, 5.41) is 13.5. The van der Waals surface area contributed by atoms with Crippen LogP contribution in [0.3, 0.4) is 0 Å². The highest BCUT2D eigenvalue weighted by Crippen LogP contribution is 2.41. The molecule has 1 aliphatic rings. The highest BCUT2D eigenvalue weighted by molar-refractivity contribution is 7.11.